The molecule has 0 radical (unpaired) electrons. The average molecular weight is 365 g/mol. The van der Waals surface area contributed by atoms with Crippen LogP contribution in [0.5, 0.6) is 0 Å². The van der Waals surface area contributed by atoms with Crippen LogP contribution >= 0.6 is 27.5 Å². The number of nitro benzene ring substituents is 1. The van der Waals surface area contributed by atoms with Gasteiger partial charge in [-0.05, 0) is 24.3 Å². The van der Waals surface area contributed by atoms with Gasteiger partial charge in [-0.2, -0.15) is 0 Å². The zero-order valence-electron chi connectivity index (χ0n) is 10.5. The van der Waals surface area contributed by atoms with Crippen molar-refractivity contribution in [3.8, 4) is 11.4 Å². The highest BCUT2D eigenvalue weighted by atomic mass is 79.9. The van der Waals surface area contributed by atoms with Crippen LogP contribution in [0.2, 0.25) is 5.15 Å². The second kappa shape index (κ2) is 5.38. The second-order valence-corrected chi connectivity index (χ2v) is 5.55. The van der Waals surface area contributed by atoms with Gasteiger partial charge in [0, 0.05) is 15.9 Å². The molecule has 1 heterocycles. The van der Waals surface area contributed by atoms with Crippen molar-refractivity contribution in [2.45, 2.75) is 0 Å². The SMILES string of the molecule is O=[N+]([O-])c1ccccc1-c1nc(Cl)c2cc(Br)ccc2n1. The average Bonchev–Trinajstić information content (AvgIpc) is 2.47. The van der Waals surface area contributed by atoms with E-state index in [1.54, 1.807) is 30.3 Å². The highest BCUT2D eigenvalue weighted by molar-refractivity contribution is 9.10. The lowest BCUT2D eigenvalue weighted by molar-refractivity contribution is -0.384. The number of benzene rings is 2. The minimum atomic E-state index is -0.460. The molecule has 0 atom stereocenters. The first kappa shape index (κ1) is 13.9. The molecule has 1 aromatic heterocycles. The number of halogens is 2. The Balaban J connectivity index is 2.27. The number of para-hydroxylation sites is 1. The summed E-state index contributed by atoms with van der Waals surface area (Å²) in [6.45, 7) is 0. The molecule has 3 rings (SSSR count). The maximum Gasteiger partial charge on any atom is 0.280 e. The molecular weight excluding hydrogens is 358 g/mol. The summed E-state index contributed by atoms with van der Waals surface area (Å²) in [5.74, 6) is 0.238. The molecule has 3 aromatic rings. The molecular formula is C14H7BrClN3O2. The summed E-state index contributed by atoms with van der Waals surface area (Å²) in [4.78, 5) is 19.2. The van der Waals surface area contributed by atoms with Gasteiger partial charge in [0.1, 0.15) is 5.15 Å². The largest absolute Gasteiger partial charge is 0.280 e. The van der Waals surface area contributed by atoms with E-state index in [1.165, 1.54) is 6.07 Å². The second-order valence-electron chi connectivity index (χ2n) is 4.27. The highest BCUT2D eigenvalue weighted by Gasteiger charge is 2.18. The summed E-state index contributed by atoms with van der Waals surface area (Å²) in [6, 6.07) is 11.7. The van der Waals surface area contributed by atoms with Gasteiger partial charge in [-0.25, -0.2) is 9.97 Å². The van der Waals surface area contributed by atoms with Gasteiger partial charge in [0.05, 0.1) is 16.0 Å². The molecule has 0 amide bonds. The zero-order valence-corrected chi connectivity index (χ0v) is 12.8. The Morgan fingerprint density at radius 1 is 1.14 bits per heavy atom. The number of nitro groups is 1. The Morgan fingerprint density at radius 3 is 2.67 bits per heavy atom. The molecule has 0 unspecified atom stereocenters. The molecule has 0 aliphatic heterocycles. The molecule has 5 nitrogen and oxygen atoms in total. The number of hydrogen-bond acceptors (Lipinski definition) is 4. The molecule has 0 spiro atoms. The summed E-state index contributed by atoms with van der Waals surface area (Å²) in [5.41, 5.74) is 0.922. The topological polar surface area (TPSA) is 68.9 Å². The predicted molar refractivity (Wildman–Crippen MR) is 84.3 cm³/mol. The fraction of sp³-hybridized carbons (Fsp3) is 0. The van der Waals surface area contributed by atoms with Crippen LogP contribution in [0.3, 0.4) is 0 Å². The molecule has 2 aromatic carbocycles. The van der Waals surface area contributed by atoms with Gasteiger partial charge < -0.3 is 0 Å². The minimum absolute atomic E-state index is 0.0509. The van der Waals surface area contributed by atoms with Crippen molar-refractivity contribution in [3.63, 3.8) is 0 Å². The quantitative estimate of drug-likeness (QED) is 0.378. The van der Waals surface area contributed by atoms with E-state index in [0.717, 1.165) is 4.47 Å². The standard InChI is InChI=1S/C14H7BrClN3O2/c15-8-5-6-11-10(7-8)13(16)18-14(17-11)9-3-1-2-4-12(9)19(20)21/h1-7H. The van der Waals surface area contributed by atoms with E-state index in [9.17, 15) is 10.1 Å². The van der Waals surface area contributed by atoms with E-state index in [1.807, 2.05) is 6.07 Å². The third-order valence-corrected chi connectivity index (χ3v) is 3.73. The Morgan fingerprint density at radius 2 is 1.90 bits per heavy atom. The van der Waals surface area contributed by atoms with E-state index in [2.05, 4.69) is 25.9 Å². The Bertz CT molecular complexity index is 870. The van der Waals surface area contributed by atoms with Crippen molar-refractivity contribution in [2.24, 2.45) is 0 Å². The highest BCUT2D eigenvalue weighted by Crippen LogP contribution is 2.31. The molecule has 0 bridgehead atoms. The number of rotatable bonds is 2. The minimum Gasteiger partial charge on any atom is -0.258 e. The predicted octanol–water partition coefficient (Wildman–Crippen LogP) is 4.62. The van der Waals surface area contributed by atoms with Crippen LogP contribution < -0.4 is 0 Å². The van der Waals surface area contributed by atoms with Gasteiger partial charge in [-0.3, -0.25) is 10.1 Å². The maximum atomic E-state index is 11.1. The number of nitrogens with zero attached hydrogens (tertiary/aromatic N) is 3. The van der Waals surface area contributed by atoms with Crippen molar-refractivity contribution in [1.29, 1.82) is 0 Å². The first-order valence-corrected chi connectivity index (χ1v) is 7.10. The van der Waals surface area contributed by atoms with Gasteiger partial charge in [0.25, 0.3) is 5.69 Å². The van der Waals surface area contributed by atoms with E-state index in [0.29, 0.717) is 16.5 Å². The van der Waals surface area contributed by atoms with Crippen molar-refractivity contribution in [2.75, 3.05) is 0 Å². The number of hydrogen-bond donors (Lipinski definition) is 0. The summed E-state index contributed by atoms with van der Waals surface area (Å²) in [7, 11) is 0. The molecule has 104 valence electrons. The van der Waals surface area contributed by atoms with Crippen LogP contribution in [0.25, 0.3) is 22.3 Å². The first-order chi connectivity index (χ1) is 10.1. The maximum absolute atomic E-state index is 11.1. The molecule has 0 aliphatic carbocycles. The van der Waals surface area contributed by atoms with Crippen molar-refractivity contribution in [3.05, 3.63) is 62.2 Å². The lowest BCUT2D eigenvalue weighted by Crippen LogP contribution is -1.96. The van der Waals surface area contributed by atoms with Crippen LogP contribution in [-0.2, 0) is 0 Å². The van der Waals surface area contributed by atoms with Crippen LogP contribution in [0.1, 0.15) is 0 Å². The summed E-state index contributed by atoms with van der Waals surface area (Å²) in [6.07, 6.45) is 0. The molecule has 7 heteroatoms. The van der Waals surface area contributed by atoms with Crippen LogP contribution in [0.4, 0.5) is 5.69 Å². The molecule has 0 N–H and O–H groups in total. The smallest absolute Gasteiger partial charge is 0.258 e. The summed E-state index contributed by atoms with van der Waals surface area (Å²) in [5, 5.41) is 12.0. The Kier molecular flexibility index (Phi) is 3.57. The fourth-order valence-corrected chi connectivity index (χ4v) is 2.60. The van der Waals surface area contributed by atoms with E-state index in [-0.39, 0.29) is 16.7 Å². The molecule has 0 aliphatic rings. The van der Waals surface area contributed by atoms with Gasteiger partial charge in [-0.1, -0.05) is 39.7 Å². The van der Waals surface area contributed by atoms with Crippen LogP contribution in [0.15, 0.2) is 46.9 Å². The normalized spacial score (nSPS) is 10.8. The van der Waals surface area contributed by atoms with Gasteiger partial charge in [0.2, 0.25) is 0 Å². The van der Waals surface area contributed by atoms with Crippen molar-refractivity contribution < 1.29 is 4.92 Å². The molecule has 0 saturated heterocycles. The van der Waals surface area contributed by atoms with Gasteiger partial charge in [0.15, 0.2) is 5.82 Å². The summed E-state index contributed by atoms with van der Waals surface area (Å²) >= 11 is 9.53. The Hall–Kier alpha value is -2.05. The van der Waals surface area contributed by atoms with E-state index in [4.69, 9.17) is 11.6 Å². The monoisotopic (exact) mass is 363 g/mol. The zero-order chi connectivity index (χ0) is 15.0. The first-order valence-electron chi connectivity index (χ1n) is 5.93. The fourth-order valence-electron chi connectivity index (χ4n) is 2.01. The lowest BCUT2D eigenvalue weighted by Gasteiger charge is -2.05. The molecule has 0 fully saturated rings. The number of aromatic nitrogens is 2. The summed E-state index contributed by atoms with van der Waals surface area (Å²) < 4.78 is 0.860. The van der Waals surface area contributed by atoms with Gasteiger partial charge in [-0.15, -0.1) is 0 Å². The van der Waals surface area contributed by atoms with E-state index >= 15 is 0 Å². The molecule has 21 heavy (non-hydrogen) atoms. The lowest BCUT2D eigenvalue weighted by atomic mass is 10.1. The van der Waals surface area contributed by atoms with Crippen molar-refractivity contribution >= 4 is 44.1 Å². The third kappa shape index (κ3) is 2.59. The van der Waals surface area contributed by atoms with Crippen LogP contribution in [0, 0.1) is 10.1 Å². The van der Waals surface area contributed by atoms with Crippen LogP contribution in [-0.4, -0.2) is 14.9 Å². The van der Waals surface area contributed by atoms with Gasteiger partial charge >= 0.3 is 0 Å². The van der Waals surface area contributed by atoms with E-state index < -0.39 is 4.92 Å². The Labute approximate surface area is 132 Å². The third-order valence-electron chi connectivity index (χ3n) is 2.95. The number of fused-ring (bicyclic) bond motifs is 1. The molecule has 0 saturated carbocycles. The van der Waals surface area contributed by atoms with Crippen molar-refractivity contribution in [1.82, 2.24) is 9.97 Å².